The molecule has 0 aliphatic rings. The van der Waals surface area contributed by atoms with Gasteiger partial charge in [0, 0.05) is 18.3 Å². The molecule has 2 N–H and O–H groups in total. The first-order valence-electron chi connectivity index (χ1n) is 5.51. The summed E-state index contributed by atoms with van der Waals surface area (Å²) in [5.41, 5.74) is 0.998. The molecule has 4 nitrogen and oxygen atoms in total. The third kappa shape index (κ3) is 4.11. The fourth-order valence-corrected chi connectivity index (χ4v) is 2.21. The van der Waals surface area contributed by atoms with E-state index in [1.807, 2.05) is 13.8 Å². The van der Waals surface area contributed by atoms with Crippen LogP contribution in [0.15, 0.2) is 29.2 Å². The van der Waals surface area contributed by atoms with Gasteiger partial charge in [-0.15, -0.1) is 0 Å². The number of benzene rings is 1. The van der Waals surface area contributed by atoms with Gasteiger partial charge in [-0.25, -0.2) is 8.42 Å². The predicted octanol–water partition coefficient (Wildman–Crippen LogP) is 1.12. The Morgan fingerprint density at radius 1 is 1.24 bits per heavy atom. The van der Waals surface area contributed by atoms with Gasteiger partial charge >= 0.3 is 0 Å². The molecule has 0 aliphatic carbocycles. The molecule has 2 atom stereocenters. The number of aliphatic hydroxyl groups is 1. The molecule has 0 amide bonds. The summed E-state index contributed by atoms with van der Waals surface area (Å²) in [5, 5.41) is 12.1. The molecule has 0 radical (unpaired) electrons. The molecular weight excluding hydrogens is 238 g/mol. The first-order chi connectivity index (χ1) is 7.84. The quantitative estimate of drug-likeness (QED) is 0.829. The lowest BCUT2D eigenvalue weighted by Gasteiger charge is -2.18. The molecule has 0 spiro atoms. The van der Waals surface area contributed by atoms with Crippen LogP contribution in [0.2, 0.25) is 0 Å². The zero-order valence-electron chi connectivity index (χ0n) is 10.3. The first-order valence-corrected chi connectivity index (χ1v) is 7.40. The van der Waals surface area contributed by atoms with Crippen molar-refractivity contribution in [2.75, 3.05) is 12.9 Å². The molecule has 0 fully saturated rings. The highest BCUT2D eigenvalue weighted by Crippen LogP contribution is 2.16. The van der Waals surface area contributed by atoms with E-state index in [2.05, 4.69) is 5.32 Å². The van der Waals surface area contributed by atoms with Crippen LogP contribution >= 0.6 is 0 Å². The average molecular weight is 257 g/mol. The van der Waals surface area contributed by atoms with Crippen LogP contribution in [0.3, 0.4) is 0 Å². The highest BCUT2D eigenvalue weighted by Gasteiger charge is 2.11. The van der Waals surface area contributed by atoms with Crippen molar-refractivity contribution >= 4 is 9.84 Å². The van der Waals surface area contributed by atoms with Crippen LogP contribution in [-0.4, -0.2) is 32.4 Å². The van der Waals surface area contributed by atoms with Crippen molar-refractivity contribution in [3.8, 4) is 0 Å². The van der Waals surface area contributed by atoms with E-state index < -0.39 is 9.84 Å². The van der Waals surface area contributed by atoms with Crippen molar-refractivity contribution in [1.82, 2.24) is 5.32 Å². The van der Waals surface area contributed by atoms with Gasteiger partial charge in [0.25, 0.3) is 0 Å². The number of hydrogen-bond acceptors (Lipinski definition) is 4. The summed E-state index contributed by atoms with van der Waals surface area (Å²) in [5.74, 6) is 0. The Morgan fingerprint density at radius 2 is 1.76 bits per heavy atom. The van der Waals surface area contributed by atoms with Gasteiger partial charge in [0.2, 0.25) is 0 Å². The second-order valence-corrected chi connectivity index (χ2v) is 6.33. The molecule has 0 bridgehead atoms. The molecule has 1 unspecified atom stereocenters. The Kier molecular flexibility index (Phi) is 4.68. The molecule has 0 saturated heterocycles. The van der Waals surface area contributed by atoms with E-state index in [-0.39, 0.29) is 18.7 Å². The van der Waals surface area contributed by atoms with Crippen molar-refractivity contribution < 1.29 is 13.5 Å². The number of rotatable bonds is 5. The maximum Gasteiger partial charge on any atom is 0.175 e. The van der Waals surface area contributed by atoms with Crippen LogP contribution in [0, 0.1) is 0 Å². The van der Waals surface area contributed by atoms with Gasteiger partial charge < -0.3 is 10.4 Å². The molecule has 17 heavy (non-hydrogen) atoms. The van der Waals surface area contributed by atoms with Crippen LogP contribution in [0.4, 0.5) is 0 Å². The van der Waals surface area contributed by atoms with Crippen molar-refractivity contribution in [2.45, 2.75) is 30.8 Å². The highest BCUT2D eigenvalue weighted by atomic mass is 32.2. The highest BCUT2D eigenvalue weighted by molar-refractivity contribution is 7.90. The molecule has 0 aliphatic heterocycles. The summed E-state index contributed by atoms with van der Waals surface area (Å²) >= 11 is 0. The summed E-state index contributed by atoms with van der Waals surface area (Å²) in [6.07, 6.45) is 1.19. The molecule has 0 saturated carbocycles. The van der Waals surface area contributed by atoms with Gasteiger partial charge in [0.05, 0.1) is 11.5 Å². The first kappa shape index (κ1) is 14.2. The van der Waals surface area contributed by atoms with E-state index in [4.69, 9.17) is 5.11 Å². The fourth-order valence-electron chi connectivity index (χ4n) is 1.58. The average Bonchev–Trinajstić information content (AvgIpc) is 2.27. The maximum absolute atomic E-state index is 11.3. The van der Waals surface area contributed by atoms with E-state index >= 15 is 0 Å². The van der Waals surface area contributed by atoms with E-state index in [0.717, 1.165) is 5.56 Å². The van der Waals surface area contributed by atoms with Gasteiger partial charge in [0.15, 0.2) is 9.84 Å². The molecule has 1 rings (SSSR count). The number of hydrogen-bond donors (Lipinski definition) is 2. The van der Waals surface area contributed by atoms with E-state index in [0.29, 0.717) is 4.90 Å². The SMILES string of the molecule is CC(N[C@H](C)CO)c1ccc(S(C)(=O)=O)cc1. The van der Waals surface area contributed by atoms with Crippen molar-refractivity contribution in [2.24, 2.45) is 0 Å². The second kappa shape index (κ2) is 5.62. The maximum atomic E-state index is 11.3. The van der Waals surface area contributed by atoms with Crippen molar-refractivity contribution in [3.05, 3.63) is 29.8 Å². The minimum Gasteiger partial charge on any atom is -0.395 e. The largest absolute Gasteiger partial charge is 0.395 e. The molecule has 1 aromatic carbocycles. The summed E-state index contributed by atoms with van der Waals surface area (Å²) < 4.78 is 22.6. The molecular formula is C12H19NO3S. The Morgan fingerprint density at radius 3 is 2.18 bits per heavy atom. The zero-order chi connectivity index (χ0) is 13.1. The summed E-state index contributed by atoms with van der Waals surface area (Å²) in [4.78, 5) is 0.323. The fraction of sp³-hybridized carbons (Fsp3) is 0.500. The van der Waals surface area contributed by atoms with Crippen LogP contribution in [0.25, 0.3) is 0 Å². The topological polar surface area (TPSA) is 66.4 Å². The number of aliphatic hydroxyl groups excluding tert-OH is 1. The van der Waals surface area contributed by atoms with Gasteiger partial charge in [0.1, 0.15) is 0 Å². The summed E-state index contributed by atoms with van der Waals surface area (Å²) in [6, 6.07) is 6.88. The number of sulfone groups is 1. The van der Waals surface area contributed by atoms with E-state index in [1.165, 1.54) is 6.26 Å². The Labute approximate surface area is 103 Å². The van der Waals surface area contributed by atoms with E-state index in [9.17, 15) is 8.42 Å². The smallest absolute Gasteiger partial charge is 0.175 e. The van der Waals surface area contributed by atoms with Crippen molar-refractivity contribution in [3.63, 3.8) is 0 Å². The van der Waals surface area contributed by atoms with Crippen LogP contribution in [0.5, 0.6) is 0 Å². The van der Waals surface area contributed by atoms with E-state index in [1.54, 1.807) is 24.3 Å². The lowest BCUT2D eigenvalue weighted by atomic mass is 10.1. The zero-order valence-corrected chi connectivity index (χ0v) is 11.2. The standard InChI is InChI=1S/C12H19NO3S/c1-9(8-14)13-10(2)11-4-6-12(7-5-11)17(3,15)16/h4-7,9-10,13-14H,8H2,1-3H3/t9-,10?/m1/s1. The molecule has 0 aromatic heterocycles. The Bertz CT molecular complexity index is 453. The predicted molar refractivity (Wildman–Crippen MR) is 67.7 cm³/mol. The summed E-state index contributed by atoms with van der Waals surface area (Å²) in [7, 11) is -3.13. The minimum atomic E-state index is -3.13. The monoisotopic (exact) mass is 257 g/mol. The van der Waals surface area contributed by atoms with Gasteiger partial charge in [-0.05, 0) is 31.5 Å². The third-order valence-corrected chi connectivity index (χ3v) is 3.75. The van der Waals surface area contributed by atoms with Crippen LogP contribution in [-0.2, 0) is 9.84 Å². The van der Waals surface area contributed by atoms with Crippen LogP contribution in [0.1, 0.15) is 25.5 Å². The molecule has 96 valence electrons. The second-order valence-electron chi connectivity index (χ2n) is 4.31. The lowest BCUT2D eigenvalue weighted by molar-refractivity contribution is 0.243. The number of nitrogens with one attached hydrogen (secondary N) is 1. The normalized spacial score (nSPS) is 15.5. The Balaban J connectivity index is 2.81. The van der Waals surface area contributed by atoms with Gasteiger partial charge in [-0.3, -0.25) is 0 Å². The van der Waals surface area contributed by atoms with Crippen LogP contribution < -0.4 is 5.32 Å². The molecule has 1 aromatic rings. The van der Waals surface area contributed by atoms with Gasteiger partial charge in [-0.2, -0.15) is 0 Å². The molecule has 5 heteroatoms. The van der Waals surface area contributed by atoms with Gasteiger partial charge in [-0.1, -0.05) is 12.1 Å². The minimum absolute atomic E-state index is 0.0135. The third-order valence-electron chi connectivity index (χ3n) is 2.62. The summed E-state index contributed by atoms with van der Waals surface area (Å²) in [6.45, 7) is 3.94. The van der Waals surface area contributed by atoms with Crippen molar-refractivity contribution in [1.29, 1.82) is 0 Å². The lowest BCUT2D eigenvalue weighted by Crippen LogP contribution is -2.31. The molecule has 0 heterocycles. The Hall–Kier alpha value is -0.910.